The standard InChI is InChI=1S/C25H19FNO.C15H28O2.Ir/c1-25(2,3)20-13-16(12-15-8-4-5-9-17(15)20)23-24-19(14-22(26)28-24)18-10-6-7-11-21(18)27-23;1-7-14(5,8-2)12(16)11-13(17)15(6,9-3)10-4;/h4-11,13-14H,1-3H3;11,16H,7-10H2,1-6H3;/q-1;;/b;12-11-;. The van der Waals surface area contributed by atoms with Gasteiger partial charge in [0.1, 0.15) is 11.3 Å². The zero-order chi connectivity index (χ0) is 33.2. The Morgan fingerprint density at radius 1 is 0.848 bits per heavy atom. The second-order valence-corrected chi connectivity index (χ2v) is 13.6. The Labute approximate surface area is 286 Å². The molecule has 0 aliphatic rings. The summed E-state index contributed by atoms with van der Waals surface area (Å²) in [5.41, 5.74) is 3.24. The molecule has 4 nitrogen and oxygen atoms in total. The van der Waals surface area contributed by atoms with Crippen molar-refractivity contribution < 1.29 is 38.8 Å². The predicted molar refractivity (Wildman–Crippen MR) is 185 cm³/mol. The van der Waals surface area contributed by atoms with Gasteiger partial charge in [-0.05, 0) is 37.2 Å². The van der Waals surface area contributed by atoms with Crippen LogP contribution in [0.2, 0.25) is 0 Å². The van der Waals surface area contributed by atoms with Crippen molar-refractivity contribution in [1.29, 1.82) is 0 Å². The number of furan rings is 1. The first-order chi connectivity index (χ1) is 21.2. The maximum atomic E-state index is 14.1. The van der Waals surface area contributed by atoms with E-state index >= 15 is 0 Å². The van der Waals surface area contributed by atoms with E-state index in [9.17, 15) is 14.3 Å². The summed E-state index contributed by atoms with van der Waals surface area (Å²) < 4.78 is 19.5. The minimum Gasteiger partial charge on any atom is -0.512 e. The van der Waals surface area contributed by atoms with E-state index in [1.54, 1.807) is 0 Å². The number of rotatable bonds is 8. The number of aliphatic hydroxyl groups excluding tert-OH is 1. The van der Waals surface area contributed by atoms with E-state index in [1.165, 1.54) is 23.1 Å². The summed E-state index contributed by atoms with van der Waals surface area (Å²) in [6.07, 6.45) is 4.75. The third kappa shape index (κ3) is 7.45. The number of hydrogen-bond acceptors (Lipinski definition) is 4. The summed E-state index contributed by atoms with van der Waals surface area (Å²) in [7, 11) is 0. The van der Waals surface area contributed by atoms with Gasteiger partial charge in [-0.25, -0.2) is 0 Å². The molecule has 1 N–H and O–H groups in total. The molecule has 46 heavy (non-hydrogen) atoms. The number of para-hydroxylation sites is 1. The summed E-state index contributed by atoms with van der Waals surface area (Å²) in [6.45, 7) is 18.7. The summed E-state index contributed by atoms with van der Waals surface area (Å²) >= 11 is 0. The fourth-order valence-corrected chi connectivity index (χ4v) is 5.55. The summed E-state index contributed by atoms with van der Waals surface area (Å²) in [4.78, 5) is 17.0. The van der Waals surface area contributed by atoms with Crippen LogP contribution in [-0.2, 0) is 30.3 Å². The number of carbonyl (C=O) groups is 1. The molecule has 2 aromatic heterocycles. The molecule has 2 heterocycles. The van der Waals surface area contributed by atoms with E-state index in [2.05, 4.69) is 45.0 Å². The molecule has 0 aliphatic heterocycles. The van der Waals surface area contributed by atoms with Crippen LogP contribution in [-0.4, -0.2) is 15.9 Å². The van der Waals surface area contributed by atoms with Gasteiger partial charge in [0.2, 0.25) is 0 Å². The van der Waals surface area contributed by atoms with Gasteiger partial charge in [0.15, 0.2) is 5.78 Å². The van der Waals surface area contributed by atoms with Gasteiger partial charge in [-0.15, -0.1) is 29.1 Å². The monoisotopic (exact) mass is 801 g/mol. The number of hydrogen-bond donors (Lipinski definition) is 1. The Morgan fingerprint density at radius 2 is 1.41 bits per heavy atom. The minimum atomic E-state index is -0.605. The van der Waals surface area contributed by atoms with Crippen LogP contribution < -0.4 is 0 Å². The van der Waals surface area contributed by atoms with Crippen molar-refractivity contribution in [3.8, 4) is 11.3 Å². The number of allylic oxidation sites excluding steroid dienone is 2. The summed E-state index contributed by atoms with van der Waals surface area (Å²) in [6, 6.07) is 22.4. The fraction of sp³-hybridized carbons (Fsp3) is 0.400. The number of nitrogens with zero attached hydrogens (tertiary/aromatic N) is 1. The summed E-state index contributed by atoms with van der Waals surface area (Å²) in [5, 5.41) is 13.9. The third-order valence-corrected chi connectivity index (χ3v) is 9.78. The van der Waals surface area contributed by atoms with Crippen molar-refractivity contribution in [2.45, 2.75) is 93.4 Å². The van der Waals surface area contributed by atoms with E-state index in [-0.39, 0.29) is 47.9 Å². The third-order valence-electron chi connectivity index (χ3n) is 9.78. The number of fused-ring (bicyclic) bond motifs is 4. The van der Waals surface area contributed by atoms with Gasteiger partial charge in [-0.3, -0.25) is 9.78 Å². The van der Waals surface area contributed by atoms with Gasteiger partial charge in [-0.2, -0.15) is 4.39 Å². The van der Waals surface area contributed by atoms with E-state index < -0.39 is 6.01 Å². The second-order valence-electron chi connectivity index (χ2n) is 13.6. The molecule has 0 saturated carbocycles. The molecule has 247 valence electrons. The van der Waals surface area contributed by atoms with E-state index in [4.69, 9.17) is 9.40 Å². The number of carbonyl (C=O) groups excluding carboxylic acids is 1. The van der Waals surface area contributed by atoms with Crippen LogP contribution in [0, 0.1) is 22.9 Å². The zero-order valence-electron chi connectivity index (χ0n) is 28.6. The largest absolute Gasteiger partial charge is 0.512 e. The van der Waals surface area contributed by atoms with Crippen LogP contribution in [0.5, 0.6) is 0 Å². The second kappa shape index (κ2) is 14.6. The summed E-state index contributed by atoms with van der Waals surface area (Å²) in [5.74, 6) is 0.286. The average Bonchev–Trinajstić information content (AvgIpc) is 3.44. The Kier molecular flexibility index (Phi) is 11.8. The van der Waals surface area contributed by atoms with Crippen molar-refractivity contribution in [1.82, 2.24) is 4.98 Å². The van der Waals surface area contributed by atoms with Crippen LogP contribution in [0.15, 0.2) is 76.9 Å². The number of ketones is 1. The maximum absolute atomic E-state index is 14.1. The molecule has 1 radical (unpaired) electrons. The molecule has 6 heteroatoms. The Morgan fingerprint density at radius 3 is 2.00 bits per heavy atom. The van der Waals surface area contributed by atoms with E-state index in [0.29, 0.717) is 11.3 Å². The number of pyridine rings is 1. The molecule has 0 amide bonds. The quantitative estimate of drug-likeness (QED) is 0.0964. The Hall–Kier alpha value is -3.34. The van der Waals surface area contributed by atoms with Gasteiger partial charge < -0.3 is 9.52 Å². The van der Waals surface area contributed by atoms with Crippen molar-refractivity contribution in [2.75, 3.05) is 0 Å². The zero-order valence-corrected chi connectivity index (χ0v) is 31.0. The smallest absolute Gasteiger partial charge is 0.278 e. The molecule has 0 aliphatic carbocycles. The van der Waals surface area contributed by atoms with Crippen LogP contribution >= 0.6 is 0 Å². The molecule has 0 atom stereocenters. The molecular formula is C40H47FIrNO3-. The Balaban J connectivity index is 0.000000280. The van der Waals surface area contributed by atoms with E-state index in [0.717, 1.165) is 52.9 Å². The predicted octanol–water partition coefficient (Wildman–Crippen LogP) is 11.7. The van der Waals surface area contributed by atoms with Crippen molar-refractivity contribution in [3.63, 3.8) is 0 Å². The number of aromatic nitrogens is 1. The number of benzene rings is 3. The average molecular weight is 801 g/mol. The van der Waals surface area contributed by atoms with Crippen molar-refractivity contribution in [3.05, 3.63) is 90.1 Å². The molecule has 0 fully saturated rings. The molecule has 0 bridgehead atoms. The van der Waals surface area contributed by atoms with Gasteiger partial charge >= 0.3 is 0 Å². The van der Waals surface area contributed by atoms with Crippen LogP contribution in [0.4, 0.5) is 4.39 Å². The van der Waals surface area contributed by atoms with Crippen LogP contribution in [0.1, 0.15) is 93.6 Å². The molecule has 0 unspecified atom stereocenters. The number of halogens is 1. The maximum Gasteiger partial charge on any atom is 0.278 e. The fourth-order valence-electron chi connectivity index (χ4n) is 5.55. The van der Waals surface area contributed by atoms with Crippen molar-refractivity contribution in [2.24, 2.45) is 10.8 Å². The normalized spacial score (nSPS) is 12.6. The number of aliphatic hydroxyl groups is 1. The first-order valence-electron chi connectivity index (χ1n) is 16.1. The van der Waals surface area contributed by atoms with Crippen molar-refractivity contribution >= 4 is 38.4 Å². The van der Waals surface area contributed by atoms with E-state index in [1.807, 2.05) is 77.9 Å². The van der Waals surface area contributed by atoms with Gasteiger partial charge in [0.05, 0.1) is 5.52 Å². The first kappa shape index (κ1) is 37.1. The molecular weight excluding hydrogens is 754 g/mol. The molecule has 5 rings (SSSR count). The topological polar surface area (TPSA) is 63.3 Å². The van der Waals surface area contributed by atoms with Crippen LogP contribution in [0.25, 0.3) is 43.9 Å². The molecule has 3 aromatic carbocycles. The van der Waals surface area contributed by atoms with Gasteiger partial charge in [-0.1, -0.05) is 110 Å². The minimum absolute atomic E-state index is 0. The van der Waals surface area contributed by atoms with Gasteiger partial charge in [0.25, 0.3) is 6.01 Å². The Bertz CT molecular complexity index is 1860. The molecule has 0 saturated heterocycles. The first-order valence-corrected chi connectivity index (χ1v) is 16.1. The SMILES string of the molecule is CC(C)(C)c1cc(-c2nc3ccccc3c3cc(F)oc23)[c-]c2ccccc12.CCC(C)(CC)C(=O)/C=C(\O)C(C)(CC)CC.[Ir]. The van der Waals surface area contributed by atoms with Crippen LogP contribution in [0.3, 0.4) is 0 Å². The van der Waals surface area contributed by atoms with Gasteiger partial charge in [0, 0.05) is 59.5 Å². The molecule has 5 aromatic rings. The molecule has 0 spiro atoms.